The van der Waals surface area contributed by atoms with E-state index in [9.17, 15) is 14.7 Å². The zero-order valence-electron chi connectivity index (χ0n) is 16.3. The zero-order valence-corrected chi connectivity index (χ0v) is 16.3. The van der Waals surface area contributed by atoms with Gasteiger partial charge in [-0.2, -0.15) is 5.10 Å². The average Bonchev–Trinajstić information content (AvgIpc) is 3.44. The molecule has 150 valence electrons. The molecule has 0 saturated carbocycles. The molecule has 1 aromatic carbocycles. The maximum Gasteiger partial charge on any atom is 0.341 e. The van der Waals surface area contributed by atoms with Gasteiger partial charge in [-0.15, -0.1) is 0 Å². The SMILES string of the molecule is Cn1ccc(-c2ccc3c(c2)CC2=C3[C@H]3OCC[C@H]3n3cc(C(=O)O)c(=O)cc32)n1. The van der Waals surface area contributed by atoms with Crippen molar-refractivity contribution in [3.8, 4) is 11.3 Å². The van der Waals surface area contributed by atoms with E-state index in [0.717, 1.165) is 40.1 Å². The second-order valence-corrected chi connectivity index (χ2v) is 8.11. The van der Waals surface area contributed by atoms with Crippen molar-refractivity contribution in [2.75, 3.05) is 6.61 Å². The summed E-state index contributed by atoms with van der Waals surface area (Å²) in [6, 6.07) is 9.84. The normalized spacial score (nSPS) is 21.2. The van der Waals surface area contributed by atoms with Crippen LogP contribution in [-0.2, 0) is 18.2 Å². The van der Waals surface area contributed by atoms with Gasteiger partial charge >= 0.3 is 5.97 Å². The van der Waals surface area contributed by atoms with Gasteiger partial charge in [0, 0.05) is 49.8 Å². The lowest BCUT2D eigenvalue weighted by molar-refractivity contribution is 0.0693. The van der Waals surface area contributed by atoms with Crippen LogP contribution in [0.3, 0.4) is 0 Å². The van der Waals surface area contributed by atoms with Gasteiger partial charge in [0.2, 0.25) is 0 Å². The predicted molar refractivity (Wildman–Crippen MR) is 110 cm³/mol. The van der Waals surface area contributed by atoms with Crippen LogP contribution in [0.25, 0.3) is 22.4 Å². The summed E-state index contributed by atoms with van der Waals surface area (Å²) in [5, 5.41) is 13.9. The summed E-state index contributed by atoms with van der Waals surface area (Å²) in [6.07, 6.45) is 4.77. The number of benzene rings is 1. The largest absolute Gasteiger partial charge is 0.477 e. The quantitative estimate of drug-likeness (QED) is 0.714. The van der Waals surface area contributed by atoms with E-state index in [1.165, 1.54) is 17.8 Å². The number of pyridine rings is 1. The standard InChI is InChI=1S/C23H19N3O4/c1-25-6-4-17(24-25)12-2-3-14-13(8-12)9-15-19-10-20(27)16(23(28)29)11-26(19)18-5-7-30-22(18)21(14)15/h2-4,6,8,10-11,18,22H,5,7,9H2,1H3,(H,28,29)/t18-,22+/m1/s1. The van der Waals surface area contributed by atoms with Crippen LogP contribution < -0.4 is 5.43 Å². The van der Waals surface area contributed by atoms with Gasteiger partial charge in [0.1, 0.15) is 11.7 Å². The van der Waals surface area contributed by atoms with Crippen molar-refractivity contribution in [2.24, 2.45) is 7.05 Å². The van der Waals surface area contributed by atoms with Crippen LogP contribution in [0.2, 0.25) is 0 Å². The first-order valence-corrected chi connectivity index (χ1v) is 9.99. The number of hydrogen-bond acceptors (Lipinski definition) is 4. The first-order valence-electron chi connectivity index (χ1n) is 9.99. The summed E-state index contributed by atoms with van der Waals surface area (Å²) in [5.74, 6) is -1.19. The van der Waals surface area contributed by atoms with Crippen LogP contribution in [0, 0.1) is 0 Å². The van der Waals surface area contributed by atoms with E-state index < -0.39 is 11.4 Å². The van der Waals surface area contributed by atoms with E-state index in [-0.39, 0.29) is 17.7 Å². The number of carboxylic acid groups (broad SMARTS) is 1. The lowest BCUT2D eigenvalue weighted by atomic mass is 9.89. The van der Waals surface area contributed by atoms with E-state index in [2.05, 4.69) is 23.3 Å². The summed E-state index contributed by atoms with van der Waals surface area (Å²) < 4.78 is 9.85. The monoisotopic (exact) mass is 401 g/mol. The minimum absolute atomic E-state index is 0.00105. The highest BCUT2D eigenvalue weighted by Gasteiger charge is 2.43. The molecule has 2 aromatic heterocycles. The van der Waals surface area contributed by atoms with Crippen molar-refractivity contribution in [1.82, 2.24) is 14.3 Å². The number of nitrogens with zero attached hydrogens (tertiary/aromatic N) is 3. The number of hydrogen-bond donors (Lipinski definition) is 1. The molecule has 30 heavy (non-hydrogen) atoms. The van der Waals surface area contributed by atoms with Crippen LogP contribution in [0.15, 0.2) is 47.5 Å². The minimum atomic E-state index is -1.19. The zero-order chi connectivity index (χ0) is 20.6. The van der Waals surface area contributed by atoms with Gasteiger partial charge in [-0.1, -0.05) is 12.1 Å². The highest BCUT2D eigenvalue weighted by molar-refractivity contribution is 6.00. The summed E-state index contributed by atoms with van der Waals surface area (Å²) in [5.41, 5.74) is 6.66. The Morgan fingerprint density at radius 2 is 2.13 bits per heavy atom. The van der Waals surface area contributed by atoms with Gasteiger partial charge in [0.15, 0.2) is 5.43 Å². The Hall–Kier alpha value is -3.45. The van der Waals surface area contributed by atoms with Crippen LogP contribution >= 0.6 is 0 Å². The summed E-state index contributed by atoms with van der Waals surface area (Å²) in [7, 11) is 1.90. The molecule has 0 amide bonds. The number of rotatable bonds is 2. The molecule has 3 aromatic rings. The Morgan fingerprint density at radius 3 is 2.90 bits per heavy atom. The number of carbonyl (C=O) groups is 1. The van der Waals surface area contributed by atoms with Gasteiger partial charge in [-0.3, -0.25) is 9.48 Å². The lowest BCUT2D eigenvalue weighted by Gasteiger charge is -2.32. The average molecular weight is 401 g/mol. The van der Waals surface area contributed by atoms with Crippen molar-refractivity contribution >= 4 is 17.1 Å². The molecule has 6 rings (SSSR count). The van der Waals surface area contributed by atoms with Crippen LogP contribution in [0.1, 0.15) is 39.6 Å². The maximum absolute atomic E-state index is 12.5. The molecular formula is C23H19N3O4. The molecule has 4 heterocycles. The van der Waals surface area contributed by atoms with Crippen molar-refractivity contribution < 1.29 is 14.6 Å². The molecule has 1 fully saturated rings. The first-order chi connectivity index (χ1) is 14.5. The number of aromatic nitrogens is 3. The molecule has 7 nitrogen and oxygen atoms in total. The third-order valence-electron chi connectivity index (χ3n) is 6.42. The van der Waals surface area contributed by atoms with Crippen LogP contribution in [0.5, 0.6) is 0 Å². The molecule has 1 aliphatic carbocycles. The van der Waals surface area contributed by atoms with Gasteiger partial charge < -0.3 is 14.4 Å². The smallest absolute Gasteiger partial charge is 0.341 e. The second kappa shape index (κ2) is 6.03. The van der Waals surface area contributed by atoms with E-state index in [1.54, 1.807) is 4.68 Å². The first kappa shape index (κ1) is 17.4. The number of carboxylic acids is 1. The Bertz CT molecular complexity index is 1330. The molecule has 1 N–H and O–H groups in total. The summed E-state index contributed by atoms with van der Waals surface area (Å²) >= 11 is 0. The predicted octanol–water partition coefficient (Wildman–Crippen LogP) is 2.76. The van der Waals surface area contributed by atoms with Crippen LogP contribution in [0.4, 0.5) is 0 Å². The molecule has 7 heteroatoms. The highest BCUT2D eigenvalue weighted by Crippen LogP contribution is 2.50. The number of fused-ring (bicyclic) bond motifs is 7. The fraction of sp³-hybridized carbons (Fsp3) is 0.261. The summed E-state index contributed by atoms with van der Waals surface area (Å²) in [4.78, 5) is 24.0. The number of allylic oxidation sites excluding steroid dienone is 1. The maximum atomic E-state index is 12.5. The highest BCUT2D eigenvalue weighted by atomic mass is 16.5. The Labute approximate surface area is 171 Å². The lowest BCUT2D eigenvalue weighted by Crippen LogP contribution is -2.31. The van der Waals surface area contributed by atoms with Crippen molar-refractivity contribution in [3.05, 3.63) is 75.3 Å². The van der Waals surface area contributed by atoms with Gasteiger partial charge in [-0.25, -0.2) is 4.79 Å². The Balaban J connectivity index is 1.52. The molecule has 2 atom stereocenters. The van der Waals surface area contributed by atoms with Gasteiger partial charge in [0.25, 0.3) is 0 Å². The third kappa shape index (κ3) is 2.32. The Morgan fingerprint density at radius 1 is 1.27 bits per heavy atom. The van der Waals surface area contributed by atoms with Crippen molar-refractivity contribution in [3.63, 3.8) is 0 Å². The van der Waals surface area contributed by atoms with E-state index >= 15 is 0 Å². The van der Waals surface area contributed by atoms with Gasteiger partial charge in [0.05, 0.1) is 11.7 Å². The summed E-state index contributed by atoms with van der Waals surface area (Å²) in [6.45, 7) is 0.613. The van der Waals surface area contributed by atoms with Crippen molar-refractivity contribution in [2.45, 2.75) is 25.0 Å². The van der Waals surface area contributed by atoms with Crippen molar-refractivity contribution in [1.29, 1.82) is 0 Å². The molecule has 0 radical (unpaired) electrons. The van der Waals surface area contributed by atoms with Gasteiger partial charge in [-0.05, 0) is 40.8 Å². The molecule has 2 aliphatic heterocycles. The van der Waals surface area contributed by atoms with Crippen LogP contribution in [-0.4, -0.2) is 38.1 Å². The minimum Gasteiger partial charge on any atom is -0.477 e. The number of aromatic carboxylic acids is 1. The Kier molecular flexibility index (Phi) is 3.50. The number of ether oxygens (including phenoxy) is 1. The second-order valence-electron chi connectivity index (χ2n) is 8.11. The molecule has 1 saturated heterocycles. The third-order valence-corrected chi connectivity index (χ3v) is 6.42. The van der Waals surface area contributed by atoms with E-state index in [0.29, 0.717) is 13.0 Å². The topological polar surface area (TPSA) is 86.4 Å². The molecule has 0 unspecified atom stereocenters. The van der Waals surface area contributed by atoms with E-state index in [4.69, 9.17) is 4.74 Å². The van der Waals surface area contributed by atoms with E-state index in [1.807, 2.05) is 23.9 Å². The molecule has 0 bridgehead atoms. The fourth-order valence-corrected chi connectivity index (χ4v) is 5.10. The fourth-order valence-electron chi connectivity index (χ4n) is 5.10. The number of aryl methyl sites for hydroxylation is 1. The molecular weight excluding hydrogens is 382 g/mol. The molecule has 0 spiro atoms. The molecule has 3 aliphatic rings.